The van der Waals surface area contributed by atoms with Gasteiger partial charge >= 0.3 is 0 Å². The number of ether oxygens (including phenoxy) is 1. The first kappa shape index (κ1) is 11.7. The summed E-state index contributed by atoms with van der Waals surface area (Å²) < 4.78 is 4.97. The number of guanidine groups is 2. The molecule has 0 aliphatic heterocycles. The molecule has 0 aromatic heterocycles. The lowest BCUT2D eigenvalue weighted by molar-refractivity contribution is 0.0441. The largest absolute Gasteiger partial charge is 0.394 e. The van der Waals surface area contributed by atoms with Crippen LogP contribution in [0.5, 0.6) is 0 Å². The summed E-state index contributed by atoms with van der Waals surface area (Å²) in [4.78, 5) is 3.78. The fourth-order valence-corrected chi connectivity index (χ4v) is 0.627. The maximum absolute atomic E-state index is 8.42. The SMILES string of the molecule is CC(N=C(N)NC(=N)N)OCCO. The van der Waals surface area contributed by atoms with E-state index in [2.05, 4.69) is 10.3 Å². The van der Waals surface area contributed by atoms with E-state index in [1.807, 2.05) is 0 Å². The lowest BCUT2D eigenvalue weighted by Gasteiger charge is -2.08. The number of nitrogens with two attached hydrogens (primary N) is 2. The minimum Gasteiger partial charge on any atom is -0.394 e. The van der Waals surface area contributed by atoms with Crippen molar-refractivity contribution in [2.45, 2.75) is 13.2 Å². The topological polar surface area (TPSA) is 130 Å². The van der Waals surface area contributed by atoms with Gasteiger partial charge in [-0.2, -0.15) is 0 Å². The minimum atomic E-state index is -0.473. The molecule has 0 aromatic carbocycles. The second-order valence-electron chi connectivity index (χ2n) is 2.25. The van der Waals surface area contributed by atoms with Crippen molar-refractivity contribution in [2.24, 2.45) is 16.5 Å². The molecule has 0 heterocycles. The normalized spacial score (nSPS) is 13.8. The maximum atomic E-state index is 8.42. The van der Waals surface area contributed by atoms with E-state index in [0.29, 0.717) is 0 Å². The minimum absolute atomic E-state index is 0.0120. The van der Waals surface area contributed by atoms with Gasteiger partial charge in [-0.15, -0.1) is 0 Å². The third-order valence-electron chi connectivity index (χ3n) is 1.03. The molecule has 0 aliphatic carbocycles. The molecule has 0 saturated heterocycles. The third kappa shape index (κ3) is 7.04. The highest BCUT2D eigenvalue weighted by atomic mass is 16.5. The molecule has 0 bridgehead atoms. The number of nitrogens with zero attached hydrogens (tertiary/aromatic N) is 1. The number of nitrogens with one attached hydrogen (secondary N) is 2. The monoisotopic (exact) mass is 189 g/mol. The molecule has 0 aromatic rings. The Bertz CT molecular complexity index is 193. The zero-order valence-corrected chi connectivity index (χ0v) is 7.45. The predicted molar refractivity (Wildman–Crippen MR) is 49.2 cm³/mol. The van der Waals surface area contributed by atoms with E-state index in [0.717, 1.165) is 0 Å². The van der Waals surface area contributed by atoms with E-state index >= 15 is 0 Å². The van der Waals surface area contributed by atoms with Crippen molar-refractivity contribution in [1.82, 2.24) is 5.32 Å². The van der Waals surface area contributed by atoms with Crippen LogP contribution in [0.2, 0.25) is 0 Å². The average molecular weight is 189 g/mol. The van der Waals surface area contributed by atoms with Gasteiger partial charge in [0, 0.05) is 0 Å². The third-order valence-corrected chi connectivity index (χ3v) is 1.03. The second-order valence-corrected chi connectivity index (χ2v) is 2.25. The Balaban J connectivity index is 3.83. The number of aliphatic hydroxyl groups excluding tert-OH is 1. The fourth-order valence-electron chi connectivity index (χ4n) is 0.627. The average Bonchev–Trinajstić information content (AvgIpc) is 1.98. The van der Waals surface area contributed by atoms with Crippen molar-refractivity contribution in [3.05, 3.63) is 0 Å². The first-order valence-electron chi connectivity index (χ1n) is 3.73. The lowest BCUT2D eigenvalue weighted by atomic mass is 10.6. The molecule has 1 unspecified atom stereocenters. The Morgan fingerprint density at radius 2 is 2.31 bits per heavy atom. The summed E-state index contributed by atoms with van der Waals surface area (Å²) in [6, 6.07) is 0. The van der Waals surface area contributed by atoms with Crippen molar-refractivity contribution in [1.29, 1.82) is 5.41 Å². The van der Waals surface area contributed by atoms with Gasteiger partial charge in [0.25, 0.3) is 0 Å². The molecule has 0 spiro atoms. The molecule has 0 aliphatic rings. The summed E-state index contributed by atoms with van der Waals surface area (Å²) in [6.45, 7) is 1.78. The van der Waals surface area contributed by atoms with Gasteiger partial charge in [0.1, 0.15) is 6.23 Å². The number of aliphatic imine (C=N–C) groups is 1. The van der Waals surface area contributed by atoms with Crippen molar-refractivity contribution in [2.75, 3.05) is 13.2 Å². The molecule has 0 rings (SSSR count). The van der Waals surface area contributed by atoms with Gasteiger partial charge in [-0.1, -0.05) is 0 Å². The summed E-state index contributed by atoms with van der Waals surface area (Å²) in [6.07, 6.45) is -0.473. The van der Waals surface area contributed by atoms with E-state index in [1.165, 1.54) is 0 Å². The Morgan fingerprint density at radius 3 is 2.77 bits per heavy atom. The number of hydrogen-bond acceptors (Lipinski definition) is 4. The predicted octanol–water partition coefficient (Wildman–Crippen LogP) is -1.86. The van der Waals surface area contributed by atoms with Crippen molar-refractivity contribution >= 4 is 11.9 Å². The van der Waals surface area contributed by atoms with Crippen molar-refractivity contribution in [3.63, 3.8) is 0 Å². The molecule has 0 amide bonds. The van der Waals surface area contributed by atoms with Gasteiger partial charge < -0.3 is 21.3 Å². The number of aliphatic hydroxyl groups is 1. The van der Waals surface area contributed by atoms with Crippen LogP contribution in [-0.2, 0) is 4.74 Å². The van der Waals surface area contributed by atoms with Crippen molar-refractivity contribution in [3.8, 4) is 0 Å². The Labute approximate surface area is 76.3 Å². The molecule has 7 nitrogen and oxygen atoms in total. The zero-order valence-electron chi connectivity index (χ0n) is 7.45. The standard InChI is InChI=1S/C6H15N5O2/c1-4(13-3-2-12)10-6(9)11-5(7)8/h4,12H,2-3H2,1H3,(H6,7,8,9,10,11). The molecule has 13 heavy (non-hydrogen) atoms. The van der Waals surface area contributed by atoms with E-state index in [-0.39, 0.29) is 25.1 Å². The van der Waals surface area contributed by atoms with Crippen LogP contribution in [0.1, 0.15) is 6.92 Å². The molecular formula is C6H15N5O2. The van der Waals surface area contributed by atoms with E-state index in [9.17, 15) is 0 Å². The summed E-state index contributed by atoms with van der Waals surface area (Å²) in [7, 11) is 0. The molecular weight excluding hydrogens is 174 g/mol. The highest BCUT2D eigenvalue weighted by Crippen LogP contribution is 1.90. The van der Waals surface area contributed by atoms with Crippen LogP contribution < -0.4 is 16.8 Å². The number of rotatable bonds is 4. The molecule has 0 radical (unpaired) electrons. The lowest BCUT2D eigenvalue weighted by Crippen LogP contribution is -2.41. The van der Waals surface area contributed by atoms with Gasteiger partial charge in [-0.25, -0.2) is 4.99 Å². The highest BCUT2D eigenvalue weighted by molar-refractivity contribution is 5.95. The van der Waals surface area contributed by atoms with Gasteiger partial charge in [0.05, 0.1) is 13.2 Å². The molecule has 1 atom stereocenters. The van der Waals surface area contributed by atoms with Crippen LogP contribution in [0, 0.1) is 5.41 Å². The maximum Gasteiger partial charge on any atom is 0.197 e. The Morgan fingerprint density at radius 1 is 1.69 bits per heavy atom. The second kappa shape index (κ2) is 6.21. The Kier molecular flexibility index (Phi) is 5.57. The molecule has 0 fully saturated rings. The van der Waals surface area contributed by atoms with Crippen LogP contribution in [-0.4, -0.2) is 36.5 Å². The Hall–Kier alpha value is -1.34. The van der Waals surface area contributed by atoms with Crippen LogP contribution in [0.25, 0.3) is 0 Å². The fraction of sp³-hybridized carbons (Fsp3) is 0.667. The molecule has 76 valence electrons. The highest BCUT2D eigenvalue weighted by Gasteiger charge is 1.99. The van der Waals surface area contributed by atoms with Gasteiger partial charge in [-0.05, 0) is 6.92 Å². The number of hydrogen-bond donors (Lipinski definition) is 5. The van der Waals surface area contributed by atoms with Crippen LogP contribution in [0.4, 0.5) is 0 Å². The smallest absolute Gasteiger partial charge is 0.197 e. The summed E-state index contributed by atoms with van der Waals surface area (Å²) in [5.41, 5.74) is 10.3. The zero-order chi connectivity index (χ0) is 10.3. The van der Waals surface area contributed by atoms with E-state index in [4.69, 9.17) is 26.7 Å². The molecule has 0 saturated carbocycles. The summed E-state index contributed by atoms with van der Waals surface area (Å²) >= 11 is 0. The quantitative estimate of drug-likeness (QED) is 0.261. The van der Waals surface area contributed by atoms with E-state index < -0.39 is 6.23 Å². The van der Waals surface area contributed by atoms with Crippen molar-refractivity contribution < 1.29 is 9.84 Å². The van der Waals surface area contributed by atoms with Crippen LogP contribution >= 0.6 is 0 Å². The van der Waals surface area contributed by atoms with Crippen LogP contribution in [0.3, 0.4) is 0 Å². The van der Waals surface area contributed by atoms with Crippen LogP contribution in [0.15, 0.2) is 4.99 Å². The van der Waals surface area contributed by atoms with E-state index in [1.54, 1.807) is 6.92 Å². The molecule has 7 N–H and O–H groups in total. The first-order valence-corrected chi connectivity index (χ1v) is 3.73. The van der Waals surface area contributed by atoms with Gasteiger partial charge in [-0.3, -0.25) is 10.7 Å². The summed E-state index contributed by atoms with van der Waals surface area (Å²) in [5, 5.41) is 17.5. The molecule has 7 heteroatoms. The van der Waals surface area contributed by atoms with Gasteiger partial charge in [0.2, 0.25) is 0 Å². The van der Waals surface area contributed by atoms with Gasteiger partial charge in [0.15, 0.2) is 11.9 Å². The first-order chi connectivity index (χ1) is 6.06. The summed E-state index contributed by atoms with van der Waals surface area (Å²) in [5.74, 6) is -0.270.